The Bertz CT molecular complexity index is 546. The van der Waals surface area contributed by atoms with Crippen LogP contribution in [0.4, 0.5) is 8.78 Å². The van der Waals surface area contributed by atoms with Crippen LogP contribution in [0.3, 0.4) is 0 Å². The number of nitrogens with zero attached hydrogens (tertiary/aromatic N) is 2. The van der Waals surface area contributed by atoms with E-state index < -0.39 is 6.55 Å². The number of aromatic nitrogens is 2. The molecule has 0 aliphatic heterocycles. The van der Waals surface area contributed by atoms with Gasteiger partial charge < -0.3 is 5.32 Å². The van der Waals surface area contributed by atoms with Gasteiger partial charge in [-0.15, -0.1) is 0 Å². The Morgan fingerprint density at radius 2 is 2.17 bits per heavy atom. The third-order valence-corrected chi connectivity index (χ3v) is 5.62. The van der Waals surface area contributed by atoms with Crippen LogP contribution in [0.2, 0.25) is 0 Å². The molecule has 1 aliphatic carbocycles. The van der Waals surface area contributed by atoms with Gasteiger partial charge in [-0.25, -0.2) is 4.68 Å². The quantitative estimate of drug-likeness (QED) is 0.857. The van der Waals surface area contributed by atoms with Gasteiger partial charge in [-0.2, -0.15) is 25.6 Å². The molecule has 1 N–H and O–H groups in total. The molecule has 0 unspecified atom stereocenters. The molecule has 1 saturated carbocycles. The minimum atomic E-state index is -2.67. The lowest BCUT2D eigenvalue weighted by Crippen LogP contribution is -2.40. The number of alkyl halides is 2. The highest BCUT2D eigenvalue weighted by Crippen LogP contribution is 2.28. The molecule has 1 aromatic rings. The summed E-state index contributed by atoms with van der Waals surface area (Å²) in [7, 11) is 0. The number of thioether (sulfide) groups is 1. The van der Waals surface area contributed by atoms with E-state index in [1.807, 2.05) is 11.8 Å². The van der Waals surface area contributed by atoms with E-state index in [-0.39, 0.29) is 18.4 Å². The molecule has 0 spiro atoms. The molecule has 0 radical (unpaired) electrons. The Morgan fingerprint density at radius 3 is 2.78 bits per heavy atom. The van der Waals surface area contributed by atoms with Crippen molar-refractivity contribution in [1.29, 1.82) is 0 Å². The van der Waals surface area contributed by atoms with Gasteiger partial charge in [-0.05, 0) is 38.9 Å². The average molecular weight is 345 g/mol. The van der Waals surface area contributed by atoms with Gasteiger partial charge in [0.2, 0.25) is 5.91 Å². The minimum Gasteiger partial charge on any atom is -0.353 e. The smallest absolute Gasteiger partial charge is 0.333 e. The fourth-order valence-electron chi connectivity index (χ4n) is 3.25. The predicted octanol–water partition coefficient (Wildman–Crippen LogP) is 3.62. The van der Waals surface area contributed by atoms with Crippen molar-refractivity contribution in [2.75, 3.05) is 5.75 Å². The Morgan fingerprint density at radius 1 is 1.43 bits per heavy atom. The Labute approximate surface area is 140 Å². The average Bonchev–Trinajstić information content (AvgIpc) is 2.76. The summed E-state index contributed by atoms with van der Waals surface area (Å²) in [6, 6.07) is 0.200. The van der Waals surface area contributed by atoms with Crippen LogP contribution in [0.15, 0.2) is 0 Å². The predicted molar refractivity (Wildman–Crippen MR) is 89.0 cm³/mol. The van der Waals surface area contributed by atoms with Crippen molar-refractivity contribution >= 4 is 17.7 Å². The van der Waals surface area contributed by atoms with E-state index in [2.05, 4.69) is 17.3 Å². The molecule has 2 atom stereocenters. The van der Waals surface area contributed by atoms with Crippen LogP contribution in [0.5, 0.6) is 0 Å². The summed E-state index contributed by atoms with van der Waals surface area (Å²) in [5.41, 5.74) is 1.48. The lowest BCUT2D eigenvalue weighted by atomic mass is 9.94. The Kier molecular flexibility index (Phi) is 6.44. The standard InChI is InChI=1S/C16H25F2N3OS/c1-4-23-13-7-5-6-12(8-13)19-15(22)9-14-10(2)20-21(11(14)3)16(17)18/h12-13,16H,4-9H2,1-3H3,(H,19,22)/t12-,13-/m0/s1. The van der Waals surface area contributed by atoms with Crippen molar-refractivity contribution < 1.29 is 13.6 Å². The summed E-state index contributed by atoms with van der Waals surface area (Å²) in [5, 5.41) is 7.52. The van der Waals surface area contributed by atoms with E-state index in [0.29, 0.717) is 26.9 Å². The lowest BCUT2D eigenvalue weighted by molar-refractivity contribution is -0.121. The molecule has 0 saturated heterocycles. The normalized spacial score (nSPS) is 21.7. The summed E-state index contributed by atoms with van der Waals surface area (Å²) >= 11 is 1.95. The molecule has 1 heterocycles. The molecule has 1 aliphatic rings. The first-order chi connectivity index (χ1) is 10.9. The zero-order valence-electron chi connectivity index (χ0n) is 13.9. The first-order valence-corrected chi connectivity index (χ1v) is 9.20. The van der Waals surface area contributed by atoms with E-state index >= 15 is 0 Å². The van der Waals surface area contributed by atoms with Gasteiger partial charge in [-0.1, -0.05) is 13.3 Å². The zero-order valence-corrected chi connectivity index (χ0v) is 14.8. The fraction of sp³-hybridized carbons (Fsp3) is 0.750. The number of amides is 1. The molecule has 130 valence electrons. The maximum atomic E-state index is 12.8. The SMILES string of the molecule is CCS[C@H]1CCC[C@H](NC(=O)Cc2c(C)nn(C(F)F)c2C)C1. The van der Waals surface area contributed by atoms with Crippen molar-refractivity contribution in [3.05, 3.63) is 17.0 Å². The van der Waals surface area contributed by atoms with Crippen molar-refractivity contribution in [3.8, 4) is 0 Å². The highest BCUT2D eigenvalue weighted by molar-refractivity contribution is 7.99. The van der Waals surface area contributed by atoms with Gasteiger partial charge in [0.05, 0.1) is 12.1 Å². The topological polar surface area (TPSA) is 46.9 Å². The highest BCUT2D eigenvalue weighted by atomic mass is 32.2. The molecular weight excluding hydrogens is 320 g/mol. The van der Waals surface area contributed by atoms with E-state index in [0.717, 1.165) is 25.0 Å². The second-order valence-electron chi connectivity index (χ2n) is 6.06. The number of aryl methyl sites for hydroxylation is 1. The van der Waals surface area contributed by atoms with E-state index in [9.17, 15) is 13.6 Å². The molecule has 0 bridgehead atoms. The van der Waals surface area contributed by atoms with Gasteiger partial charge in [0, 0.05) is 22.5 Å². The van der Waals surface area contributed by atoms with Crippen LogP contribution in [-0.2, 0) is 11.2 Å². The van der Waals surface area contributed by atoms with Gasteiger partial charge in [0.1, 0.15) is 0 Å². The monoisotopic (exact) mass is 345 g/mol. The Hall–Kier alpha value is -1.11. The zero-order chi connectivity index (χ0) is 17.0. The highest BCUT2D eigenvalue weighted by Gasteiger charge is 2.24. The number of nitrogens with one attached hydrogen (secondary N) is 1. The van der Waals surface area contributed by atoms with Crippen LogP contribution in [0.1, 0.15) is 56.1 Å². The maximum absolute atomic E-state index is 12.8. The van der Waals surface area contributed by atoms with E-state index in [1.54, 1.807) is 13.8 Å². The first-order valence-electron chi connectivity index (χ1n) is 8.16. The molecule has 7 heteroatoms. The number of rotatable bonds is 6. The lowest BCUT2D eigenvalue weighted by Gasteiger charge is -2.29. The van der Waals surface area contributed by atoms with Gasteiger partial charge >= 0.3 is 6.55 Å². The van der Waals surface area contributed by atoms with E-state index in [4.69, 9.17) is 0 Å². The molecule has 2 rings (SSSR count). The summed E-state index contributed by atoms with van der Waals surface area (Å²) in [5.74, 6) is 0.994. The van der Waals surface area contributed by atoms with Crippen molar-refractivity contribution in [1.82, 2.24) is 15.1 Å². The first kappa shape index (κ1) is 18.2. The van der Waals surface area contributed by atoms with E-state index in [1.165, 1.54) is 6.42 Å². The van der Waals surface area contributed by atoms with Crippen molar-refractivity contribution in [3.63, 3.8) is 0 Å². The molecule has 23 heavy (non-hydrogen) atoms. The molecule has 0 aromatic carbocycles. The summed E-state index contributed by atoms with van der Waals surface area (Å²) < 4.78 is 26.4. The third-order valence-electron chi connectivity index (χ3n) is 4.39. The molecule has 1 amide bonds. The Balaban J connectivity index is 1.95. The third kappa shape index (κ3) is 4.68. The number of hydrogen-bond acceptors (Lipinski definition) is 3. The minimum absolute atomic E-state index is 0.0998. The number of carbonyl (C=O) groups excluding carboxylic acids is 1. The van der Waals surface area contributed by atoms with Crippen LogP contribution in [-0.4, -0.2) is 32.7 Å². The number of carbonyl (C=O) groups is 1. The molecule has 1 fully saturated rings. The fourth-order valence-corrected chi connectivity index (χ4v) is 4.42. The van der Waals surface area contributed by atoms with Crippen LogP contribution in [0, 0.1) is 13.8 Å². The summed E-state index contributed by atoms with van der Waals surface area (Å²) in [6.07, 6.45) is 4.46. The largest absolute Gasteiger partial charge is 0.353 e. The van der Waals surface area contributed by atoms with Crippen LogP contribution < -0.4 is 5.32 Å². The maximum Gasteiger partial charge on any atom is 0.333 e. The van der Waals surface area contributed by atoms with Crippen molar-refractivity contribution in [2.24, 2.45) is 0 Å². The second kappa shape index (κ2) is 8.13. The molecule has 4 nitrogen and oxygen atoms in total. The van der Waals surface area contributed by atoms with Gasteiger partial charge in [0.25, 0.3) is 0 Å². The number of halogens is 2. The second-order valence-corrected chi connectivity index (χ2v) is 7.63. The van der Waals surface area contributed by atoms with Gasteiger partial charge in [0.15, 0.2) is 0 Å². The molecular formula is C16H25F2N3OS. The summed E-state index contributed by atoms with van der Waals surface area (Å²) in [6.45, 7) is 2.74. The van der Waals surface area contributed by atoms with Crippen LogP contribution >= 0.6 is 11.8 Å². The summed E-state index contributed by atoms with van der Waals surface area (Å²) in [4.78, 5) is 12.3. The number of hydrogen-bond donors (Lipinski definition) is 1. The molecule has 1 aromatic heterocycles. The van der Waals surface area contributed by atoms with Crippen molar-refractivity contribution in [2.45, 2.75) is 70.7 Å². The van der Waals surface area contributed by atoms with Crippen LogP contribution in [0.25, 0.3) is 0 Å². The van der Waals surface area contributed by atoms with Gasteiger partial charge in [-0.3, -0.25) is 4.79 Å².